The molecule has 0 aromatic heterocycles. The Labute approximate surface area is 420 Å². The summed E-state index contributed by atoms with van der Waals surface area (Å²) in [6.07, 6.45) is 30.6. The average Bonchev–Trinajstić information content (AvgIpc) is 3.36. The summed E-state index contributed by atoms with van der Waals surface area (Å²) >= 11 is 0. The third-order valence-electron chi connectivity index (χ3n) is 14.4. The zero-order valence-corrected chi connectivity index (χ0v) is 46.2. The van der Waals surface area contributed by atoms with Crippen LogP contribution < -0.4 is 28.1 Å². The second kappa shape index (κ2) is 38.6. The molecule has 3 rings (SSSR count). The van der Waals surface area contributed by atoms with Gasteiger partial charge in [0.25, 0.3) is 0 Å². The lowest BCUT2D eigenvalue weighted by Crippen LogP contribution is -2.49. The Hall–Kier alpha value is -3.13. The Bertz CT molecular complexity index is 1580. The maximum atomic E-state index is 8.55. The van der Waals surface area contributed by atoms with Crippen molar-refractivity contribution in [1.82, 2.24) is 13.4 Å². The summed E-state index contributed by atoms with van der Waals surface area (Å²) in [4.78, 5) is 25.6. The predicted octanol–water partition coefficient (Wildman–Crippen LogP) is 15.3. The van der Waals surface area contributed by atoms with E-state index in [1.54, 1.807) is 0 Å². The molecule has 0 aliphatic heterocycles. The molecule has 0 amide bonds. The maximum absolute atomic E-state index is 8.55. The number of unbranched alkanes of at least 4 members (excludes halogenated alkanes) is 15. The van der Waals surface area contributed by atoms with E-state index >= 15 is 0 Å². The van der Waals surface area contributed by atoms with Gasteiger partial charge in [-0.3, -0.25) is 13.4 Å². The number of rotatable bonds is 33. The summed E-state index contributed by atoms with van der Waals surface area (Å²) < 4.78 is 11.9. The molecule has 0 saturated heterocycles. The van der Waals surface area contributed by atoms with Gasteiger partial charge in [-0.05, 0) is 115 Å². The van der Waals surface area contributed by atoms with E-state index < -0.39 is 7.82 Å². The standard InChI is InChI=1S/3C20H34N.H3O4P/c3*1-5-9-10-11-12-13-17-21(7-3,8-4)20-16-14-15-19(6-2)18-20;1-5(2,3)4/h3*6,14-16,18H,2,5,7-13,17H2,1,3-4H3;(H3,1,2,3,4)/q3*+1;/p-3. The first-order chi connectivity index (χ1) is 32.7. The van der Waals surface area contributed by atoms with Crippen LogP contribution in [0.4, 0.5) is 17.1 Å². The van der Waals surface area contributed by atoms with Crippen LogP contribution in [-0.4, -0.2) is 58.9 Å². The minimum Gasteiger partial charge on any atom is -0.822 e. The molecular weight excluding hydrogens is 858 g/mol. The molecule has 8 heteroatoms. The molecule has 386 valence electrons. The van der Waals surface area contributed by atoms with Gasteiger partial charge >= 0.3 is 0 Å². The van der Waals surface area contributed by atoms with Crippen LogP contribution in [0.3, 0.4) is 0 Å². The summed E-state index contributed by atoms with van der Waals surface area (Å²) in [5.41, 5.74) is 8.06. The Morgan fingerprint density at radius 3 is 0.779 bits per heavy atom. The first-order valence-electron chi connectivity index (χ1n) is 27.2. The molecule has 68 heavy (non-hydrogen) atoms. The first kappa shape index (κ1) is 64.9. The van der Waals surface area contributed by atoms with Gasteiger partial charge in [-0.25, -0.2) is 0 Å². The Morgan fingerprint density at radius 2 is 0.588 bits per heavy atom. The third kappa shape index (κ3) is 26.2. The zero-order chi connectivity index (χ0) is 51.2. The molecule has 0 radical (unpaired) electrons. The monoisotopic (exact) mass is 960 g/mol. The number of hydrogen-bond acceptors (Lipinski definition) is 4. The molecule has 0 aliphatic carbocycles. The summed E-state index contributed by atoms with van der Waals surface area (Å²) in [6.45, 7) is 43.3. The normalized spacial score (nSPS) is 11.6. The fourth-order valence-corrected chi connectivity index (χ4v) is 9.53. The van der Waals surface area contributed by atoms with Crippen LogP contribution >= 0.6 is 7.82 Å². The van der Waals surface area contributed by atoms with Crippen LogP contribution in [0, 0.1) is 0 Å². The van der Waals surface area contributed by atoms with E-state index in [9.17, 15) is 0 Å². The molecule has 3 aromatic rings. The van der Waals surface area contributed by atoms with E-state index in [1.807, 2.05) is 18.2 Å². The van der Waals surface area contributed by atoms with Crippen molar-refractivity contribution in [3.05, 3.63) is 109 Å². The van der Waals surface area contributed by atoms with Gasteiger partial charge in [-0.2, -0.15) is 7.82 Å². The van der Waals surface area contributed by atoms with Crippen LogP contribution in [0.1, 0.15) is 195 Å². The van der Waals surface area contributed by atoms with Crippen molar-refractivity contribution in [3.63, 3.8) is 0 Å². The SMILES string of the molecule is C=Cc1cccc([N+](CC)(CC)CCCCCCCC)c1.C=Cc1cccc([N+](CC)(CC)CCCCCCCC)c1.C=Cc1cccc([N+](CC)(CC)CCCCCCCC)c1.O=P([O-])([O-])[O-]. The Balaban J connectivity index is 0.000000941. The van der Waals surface area contributed by atoms with Crippen LogP contribution in [0.15, 0.2) is 92.5 Å². The number of phosphoric acid groups is 1. The second-order valence-electron chi connectivity index (χ2n) is 18.7. The van der Waals surface area contributed by atoms with Crippen molar-refractivity contribution in [2.45, 2.75) is 178 Å². The largest absolute Gasteiger partial charge is 0.822 e. The Kier molecular flexibility index (Phi) is 36.8. The molecule has 0 aliphatic rings. The fourth-order valence-electron chi connectivity index (χ4n) is 9.53. The smallest absolute Gasteiger partial charge is 0.133 e. The minimum atomic E-state index is -5.39. The Morgan fingerprint density at radius 1 is 0.382 bits per heavy atom. The van der Waals surface area contributed by atoms with Gasteiger partial charge in [0.1, 0.15) is 17.1 Å². The van der Waals surface area contributed by atoms with Crippen molar-refractivity contribution >= 4 is 43.1 Å². The highest BCUT2D eigenvalue weighted by Crippen LogP contribution is 2.28. The molecule has 0 bridgehead atoms. The summed E-state index contributed by atoms with van der Waals surface area (Å²) in [5.74, 6) is 0. The van der Waals surface area contributed by atoms with Gasteiger partial charge in [0.2, 0.25) is 0 Å². The number of nitrogens with zero attached hydrogens (tertiary/aromatic N) is 3. The zero-order valence-electron chi connectivity index (χ0n) is 45.3. The van der Waals surface area contributed by atoms with E-state index in [-0.39, 0.29) is 0 Å². The molecule has 3 aromatic carbocycles. The molecule has 0 fully saturated rings. The highest BCUT2D eigenvalue weighted by molar-refractivity contribution is 7.40. The summed E-state index contributed by atoms with van der Waals surface area (Å²) in [7, 11) is -5.39. The molecule has 0 atom stereocenters. The van der Waals surface area contributed by atoms with Gasteiger partial charge in [0, 0.05) is 18.2 Å². The van der Waals surface area contributed by atoms with Crippen LogP contribution in [-0.2, 0) is 4.57 Å². The molecular formula is C60H102N3O4P. The van der Waals surface area contributed by atoms with E-state index in [4.69, 9.17) is 19.2 Å². The van der Waals surface area contributed by atoms with E-state index in [1.165, 1.54) is 208 Å². The summed E-state index contributed by atoms with van der Waals surface area (Å²) in [5, 5.41) is 0. The molecule has 0 saturated carbocycles. The van der Waals surface area contributed by atoms with E-state index in [2.05, 4.69) is 155 Å². The lowest BCUT2D eigenvalue weighted by atomic mass is 10.1. The van der Waals surface area contributed by atoms with Crippen molar-refractivity contribution in [3.8, 4) is 0 Å². The quantitative estimate of drug-likeness (QED) is 0.0346. The fraction of sp³-hybridized carbons (Fsp3) is 0.600. The van der Waals surface area contributed by atoms with Gasteiger partial charge in [0.15, 0.2) is 0 Å². The molecule has 0 heterocycles. The minimum absolute atomic E-state index is 1.11. The maximum Gasteiger partial charge on any atom is 0.133 e. The summed E-state index contributed by atoms with van der Waals surface area (Å²) in [6, 6.07) is 26.8. The highest BCUT2D eigenvalue weighted by Gasteiger charge is 2.28. The highest BCUT2D eigenvalue weighted by atomic mass is 31.2. The molecule has 0 unspecified atom stereocenters. The second-order valence-corrected chi connectivity index (χ2v) is 19.5. The molecule has 7 nitrogen and oxygen atoms in total. The average molecular weight is 960 g/mol. The van der Waals surface area contributed by atoms with Crippen molar-refractivity contribution in [2.24, 2.45) is 0 Å². The van der Waals surface area contributed by atoms with E-state index in [0.29, 0.717) is 0 Å². The lowest BCUT2D eigenvalue weighted by molar-refractivity contribution is -0.432. The van der Waals surface area contributed by atoms with Crippen molar-refractivity contribution in [2.75, 3.05) is 58.9 Å². The van der Waals surface area contributed by atoms with Gasteiger partial charge < -0.3 is 19.2 Å². The number of hydrogen-bond donors (Lipinski definition) is 0. The van der Waals surface area contributed by atoms with Crippen molar-refractivity contribution in [1.29, 1.82) is 0 Å². The first-order valence-corrected chi connectivity index (χ1v) is 28.6. The topological polar surface area (TPSA) is 86.2 Å². The van der Waals surface area contributed by atoms with Crippen LogP contribution in [0.5, 0.6) is 0 Å². The van der Waals surface area contributed by atoms with Gasteiger partial charge in [-0.1, -0.05) is 172 Å². The van der Waals surface area contributed by atoms with Crippen LogP contribution in [0.25, 0.3) is 18.2 Å². The molecule has 0 N–H and O–H groups in total. The van der Waals surface area contributed by atoms with Gasteiger partial charge in [0.05, 0.1) is 58.9 Å². The van der Waals surface area contributed by atoms with Crippen molar-refractivity contribution < 1.29 is 19.2 Å². The van der Waals surface area contributed by atoms with E-state index in [0.717, 1.165) is 13.4 Å². The third-order valence-corrected chi connectivity index (χ3v) is 14.4. The number of quaternary nitrogens is 3. The van der Waals surface area contributed by atoms with Crippen LogP contribution in [0.2, 0.25) is 0 Å². The number of benzene rings is 3. The predicted molar refractivity (Wildman–Crippen MR) is 301 cm³/mol. The van der Waals surface area contributed by atoms with Gasteiger partial charge in [-0.15, -0.1) is 0 Å². The molecule has 0 spiro atoms. The lowest BCUT2D eigenvalue weighted by Gasteiger charge is -2.36.